The first kappa shape index (κ1) is 18.4. The van der Waals surface area contributed by atoms with Crippen LogP contribution in [0.25, 0.3) is 12.2 Å². The minimum Gasteiger partial charge on any atom is -0.360 e. The third-order valence-corrected chi connectivity index (χ3v) is 4.83. The molecule has 0 aliphatic carbocycles. The summed E-state index contributed by atoms with van der Waals surface area (Å²) in [6, 6.07) is 8.77. The van der Waals surface area contributed by atoms with Gasteiger partial charge in [0.15, 0.2) is 5.69 Å². The van der Waals surface area contributed by atoms with Crippen LogP contribution in [0, 0.1) is 0 Å². The van der Waals surface area contributed by atoms with E-state index in [0.717, 1.165) is 5.56 Å². The number of hydrogen-bond acceptors (Lipinski definition) is 5. The van der Waals surface area contributed by atoms with Gasteiger partial charge < -0.3 is 9.51 Å². The number of carbonyl (C=O) groups excluding carboxylic acids is 1. The summed E-state index contributed by atoms with van der Waals surface area (Å²) in [5, 5.41) is 4.45. The molecule has 1 aromatic carbocycles. The highest BCUT2D eigenvalue weighted by atomic mass is 35.5. The van der Waals surface area contributed by atoms with Crippen LogP contribution in [0.5, 0.6) is 0 Å². The van der Waals surface area contributed by atoms with Crippen molar-refractivity contribution in [3.63, 3.8) is 0 Å². The molecule has 3 rings (SSSR count). The van der Waals surface area contributed by atoms with Gasteiger partial charge in [-0.15, -0.1) is 11.3 Å². The summed E-state index contributed by atoms with van der Waals surface area (Å²) in [5.74, 6) is 0.311. The third kappa shape index (κ3) is 4.20. The maximum Gasteiger partial charge on any atom is 0.266 e. The number of H-pyrrole nitrogens is 1. The number of nitrogens with zero attached hydrogens (tertiary/aromatic N) is 1. The van der Waals surface area contributed by atoms with E-state index < -0.39 is 0 Å². The van der Waals surface area contributed by atoms with Crippen molar-refractivity contribution >= 4 is 40.9 Å². The minimum absolute atomic E-state index is 0.215. The number of halogens is 1. The van der Waals surface area contributed by atoms with Crippen molar-refractivity contribution in [2.45, 2.75) is 26.2 Å². The van der Waals surface area contributed by atoms with Crippen molar-refractivity contribution in [3.05, 3.63) is 71.9 Å². The number of aromatic amines is 1. The van der Waals surface area contributed by atoms with Crippen LogP contribution >= 0.6 is 22.9 Å². The van der Waals surface area contributed by atoms with Gasteiger partial charge in [0.05, 0.1) is 9.20 Å². The Morgan fingerprint density at radius 3 is 2.58 bits per heavy atom. The average molecular weight is 389 g/mol. The minimum atomic E-state index is -0.320. The van der Waals surface area contributed by atoms with Crippen molar-refractivity contribution in [1.82, 2.24) is 10.1 Å². The first-order valence-electron chi connectivity index (χ1n) is 7.92. The SMILES string of the molecule is CC(C)(C)c1cc(C(=O)C=c2[nH]c(=O)c(=Cc3ccc(Cl)cc3)s2)no1. The molecule has 26 heavy (non-hydrogen) atoms. The molecule has 1 N–H and O–H groups in total. The Morgan fingerprint density at radius 2 is 1.96 bits per heavy atom. The van der Waals surface area contributed by atoms with Crippen molar-refractivity contribution in [2.75, 3.05) is 0 Å². The van der Waals surface area contributed by atoms with Crippen molar-refractivity contribution in [3.8, 4) is 0 Å². The molecular formula is C19H17ClN2O3S. The van der Waals surface area contributed by atoms with Gasteiger partial charge in [0.1, 0.15) is 5.76 Å². The number of thiazole rings is 1. The van der Waals surface area contributed by atoms with E-state index in [9.17, 15) is 9.59 Å². The maximum atomic E-state index is 12.4. The molecule has 0 saturated carbocycles. The van der Waals surface area contributed by atoms with E-state index in [2.05, 4.69) is 10.1 Å². The monoisotopic (exact) mass is 388 g/mol. The van der Waals surface area contributed by atoms with Crippen molar-refractivity contribution < 1.29 is 9.32 Å². The second-order valence-corrected chi connectivity index (χ2v) is 8.34. The molecule has 0 aliphatic rings. The average Bonchev–Trinajstić information content (AvgIpc) is 3.17. The molecule has 0 aliphatic heterocycles. The maximum absolute atomic E-state index is 12.4. The van der Waals surface area contributed by atoms with Crippen LogP contribution in [-0.4, -0.2) is 15.9 Å². The molecule has 0 saturated heterocycles. The largest absolute Gasteiger partial charge is 0.360 e. The summed E-state index contributed by atoms with van der Waals surface area (Å²) in [5.41, 5.74) is 0.585. The molecule has 0 spiro atoms. The Bertz CT molecular complexity index is 1120. The Balaban J connectivity index is 1.93. The fraction of sp³-hybridized carbons (Fsp3) is 0.211. The van der Waals surface area contributed by atoms with E-state index in [4.69, 9.17) is 16.1 Å². The van der Waals surface area contributed by atoms with Gasteiger partial charge in [-0.2, -0.15) is 0 Å². The number of carbonyl (C=O) groups is 1. The second kappa shape index (κ2) is 7.05. The molecule has 2 heterocycles. The lowest BCUT2D eigenvalue weighted by Gasteiger charge is -2.11. The molecule has 5 nitrogen and oxygen atoms in total. The van der Waals surface area contributed by atoms with E-state index in [1.165, 1.54) is 17.4 Å². The van der Waals surface area contributed by atoms with Gasteiger partial charge in [0, 0.05) is 22.6 Å². The van der Waals surface area contributed by atoms with Gasteiger partial charge in [-0.05, 0) is 23.8 Å². The molecular weight excluding hydrogens is 372 g/mol. The normalized spacial score (nSPS) is 13.4. The van der Waals surface area contributed by atoms with Crippen molar-refractivity contribution in [2.24, 2.45) is 0 Å². The summed E-state index contributed by atoms with van der Waals surface area (Å²) in [6.45, 7) is 5.92. The number of ketones is 1. The molecule has 7 heteroatoms. The van der Waals surface area contributed by atoms with Crippen molar-refractivity contribution in [1.29, 1.82) is 0 Å². The number of aromatic nitrogens is 2. The fourth-order valence-corrected chi connectivity index (χ4v) is 3.18. The summed E-state index contributed by atoms with van der Waals surface area (Å²) in [6.07, 6.45) is 3.10. The van der Waals surface area contributed by atoms with E-state index in [1.807, 2.05) is 32.9 Å². The zero-order valence-electron chi connectivity index (χ0n) is 14.5. The second-order valence-electron chi connectivity index (χ2n) is 6.82. The number of benzene rings is 1. The Hall–Kier alpha value is -2.44. The van der Waals surface area contributed by atoms with Gasteiger partial charge in [0.2, 0.25) is 5.78 Å². The molecule has 3 aromatic rings. The Kier molecular flexibility index (Phi) is 4.98. The molecule has 2 aromatic heterocycles. The molecule has 0 bridgehead atoms. The molecule has 0 unspecified atom stereocenters. The first-order chi connectivity index (χ1) is 12.2. The predicted octanol–water partition coefficient (Wildman–Crippen LogP) is 2.87. The van der Waals surface area contributed by atoms with E-state index in [1.54, 1.807) is 24.3 Å². The van der Waals surface area contributed by atoms with Gasteiger partial charge in [-0.25, -0.2) is 0 Å². The third-order valence-electron chi connectivity index (χ3n) is 3.61. The molecule has 0 fully saturated rings. The highest BCUT2D eigenvalue weighted by molar-refractivity contribution is 7.07. The topological polar surface area (TPSA) is 76.0 Å². The first-order valence-corrected chi connectivity index (χ1v) is 9.11. The zero-order valence-corrected chi connectivity index (χ0v) is 16.1. The van der Waals surface area contributed by atoms with Crippen LogP contribution in [0.15, 0.2) is 39.6 Å². The summed E-state index contributed by atoms with van der Waals surface area (Å²) < 4.78 is 6.19. The van der Waals surface area contributed by atoms with Crippen LogP contribution in [-0.2, 0) is 5.41 Å². The zero-order chi connectivity index (χ0) is 18.9. The quantitative estimate of drug-likeness (QED) is 0.700. The van der Waals surface area contributed by atoms with Gasteiger partial charge in [-0.1, -0.05) is 49.7 Å². The van der Waals surface area contributed by atoms with Crippen LogP contribution in [0.3, 0.4) is 0 Å². The van der Waals surface area contributed by atoms with Gasteiger partial charge >= 0.3 is 0 Å². The Labute approximate surface area is 158 Å². The summed E-state index contributed by atoms with van der Waals surface area (Å²) in [4.78, 5) is 27.1. The predicted molar refractivity (Wildman–Crippen MR) is 103 cm³/mol. The smallest absolute Gasteiger partial charge is 0.266 e. The molecule has 0 amide bonds. The molecule has 0 radical (unpaired) electrons. The molecule has 0 atom stereocenters. The summed E-state index contributed by atoms with van der Waals surface area (Å²) >= 11 is 7.06. The number of hydrogen-bond donors (Lipinski definition) is 1. The van der Waals surface area contributed by atoms with Gasteiger partial charge in [-0.3, -0.25) is 9.59 Å². The lowest BCUT2D eigenvalue weighted by Crippen LogP contribution is -2.20. The van der Waals surface area contributed by atoms with E-state index in [-0.39, 0.29) is 22.5 Å². The summed E-state index contributed by atoms with van der Waals surface area (Å²) in [7, 11) is 0. The van der Waals surface area contributed by atoms with Crippen LogP contribution < -0.4 is 14.8 Å². The lowest BCUT2D eigenvalue weighted by atomic mass is 9.93. The fourth-order valence-electron chi connectivity index (χ4n) is 2.17. The Morgan fingerprint density at radius 1 is 1.27 bits per heavy atom. The number of nitrogens with one attached hydrogen (secondary N) is 1. The lowest BCUT2D eigenvalue weighted by molar-refractivity contribution is 0.105. The van der Waals surface area contributed by atoms with Crippen LogP contribution in [0.4, 0.5) is 0 Å². The van der Waals surface area contributed by atoms with Crippen LogP contribution in [0.2, 0.25) is 5.02 Å². The standard InChI is InChI=1S/C19H17ClN2O3S/c1-19(2,3)16-9-13(22-25-16)14(23)10-17-21-18(24)15(26-17)8-11-4-6-12(20)7-5-11/h4-10H,1-3H3,(H,21,24). The number of Topliss-reactive ketones (excluding diaryl/α,β-unsaturated/α-hetero) is 1. The highest BCUT2D eigenvalue weighted by Crippen LogP contribution is 2.22. The highest BCUT2D eigenvalue weighted by Gasteiger charge is 2.21. The van der Waals surface area contributed by atoms with E-state index in [0.29, 0.717) is 20.0 Å². The van der Waals surface area contributed by atoms with E-state index >= 15 is 0 Å². The number of rotatable bonds is 3. The van der Waals surface area contributed by atoms with Crippen LogP contribution in [0.1, 0.15) is 42.6 Å². The molecule has 134 valence electrons. The van der Waals surface area contributed by atoms with Gasteiger partial charge in [0.25, 0.3) is 5.56 Å².